The maximum absolute atomic E-state index is 9.73. The number of anilines is 3. The van der Waals surface area contributed by atoms with Crippen molar-refractivity contribution in [2.75, 3.05) is 16.0 Å². The predicted octanol–water partition coefficient (Wildman–Crippen LogP) is 3.21. The van der Waals surface area contributed by atoms with E-state index in [0.29, 0.717) is 17.5 Å². The highest BCUT2D eigenvalue weighted by atomic mass is 32.1. The van der Waals surface area contributed by atoms with Gasteiger partial charge >= 0.3 is 0 Å². The Hall–Kier alpha value is -3.11. The molecule has 3 aromatic heterocycles. The number of hydrogen-bond acceptors (Lipinski definition) is 10. The molecule has 3 aromatic rings. The second-order valence-electron chi connectivity index (χ2n) is 6.79. The van der Waals surface area contributed by atoms with Gasteiger partial charge in [-0.3, -0.25) is 0 Å². The van der Waals surface area contributed by atoms with Gasteiger partial charge in [0.05, 0.1) is 22.0 Å². The van der Waals surface area contributed by atoms with E-state index in [-0.39, 0.29) is 12.1 Å². The first kappa shape index (κ1) is 19.2. The second kappa shape index (κ2) is 8.93. The van der Waals surface area contributed by atoms with Gasteiger partial charge in [0.1, 0.15) is 18.0 Å². The molecule has 1 aliphatic carbocycles. The third kappa shape index (κ3) is 4.84. The van der Waals surface area contributed by atoms with Gasteiger partial charge in [-0.05, 0) is 43.2 Å². The molecule has 4 rings (SSSR count). The van der Waals surface area contributed by atoms with Crippen LogP contribution >= 0.6 is 11.3 Å². The fourth-order valence-corrected chi connectivity index (χ4v) is 3.99. The van der Waals surface area contributed by atoms with Crippen molar-refractivity contribution in [2.45, 2.75) is 37.8 Å². The molecule has 0 amide bonds. The third-order valence-corrected chi connectivity index (χ3v) is 5.62. The molecule has 1 saturated carbocycles. The topological polar surface area (TPSA) is 132 Å². The molecule has 0 unspecified atom stereocenters. The second-order valence-corrected chi connectivity index (χ2v) is 7.70. The lowest BCUT2D eigenvalue weighted by molar-refractivity contribution is 0.126. The summed E-state index contributed by atoms with van der Waals surface area (Å²) in [7, 11) is 0. The Morgan fingerprint density at radius 3 is 2.83 bits per heavy atom. The minimum atomic E-state index is -0.194. The maximum atomic E-state index is 9.73. The van der Waals surface area contributed by atoms with Crippen molar-refractivity contribution in [1.29, 1.82) is 5.41 Å². The zero-order chi connectivity index (χ0) is 20.1. The van der Waals surface area contributed by atoms with Crippen molar-refractivity contribution < 1.29 is 5.11 Å². The van der Waals surface area contributed by atoms with Crippen molar-refractivity contribution >= 4 is 45.4 Å². The molecule has 0 aromatic carbocycles. The molecule has 10 heteroatoms. The lowest BCUT2D eigenvalue weighted by Gasteiger charge is -2.26. The molecular formula is C19H22N8OS. The highest BCUT2D eigenvalue weighted by molar-refractivity contribution is 7.17. The van der Waals surface area contributed by atoms with E-state index in [1.54, 1.807) is 29.8 Å². The molecule has 0 bridgehead atoms. The number of aliphatic hydroxyl groups excluding tert-OH is 1. The van der Waals surface area contributed by atoms with Crippen LogP contribution in [0.4, 0.5) is 17.6 Å². The van der Waals surface area contributed by atoms with Crippen LogP contribution in [0.2, 0.25) is 0 Å². The van der Waals surface area contributed by atoms with Gasteiger partial charge in [0.25, 0.3) is 0 Å². The fourth-order valence-electron chi connectivity index (χ4n) is 3.20. The Balaban J connectivity index is 1.53. The van der Waals surface area contributed by atoms with Gasteiger partial charge in [0, 0.05) is 24.7 Å². The first-order chi connectivity index (χ1) is 14.2. The first-order valence-corrected chi connectivity index (χ1v) is 10.3. The number of nitrogens with one attached hydrogen (secondary N) is 4. The van der Waals surface area contributed by atoms with Crippen molar-refractivity contribution in [3.8, 4) is 0 Å². The Bertz CT molecular complexity index is 998. The summed E-state index contributed by atoms with van der Waals surface area (Å²) in [6.07, 6.45) is 9.13. The van der Waals surface area contributed by atoms with Crippen molar-refractivity contribution in [3.63, 3.8) is 0 Å². The van der Waals surface area contributed by atoms with Crippen molar-refractivity contribution in [3.05, 3.63) is 41.9 Å². The number of fused-ring (bicyclic) bond motifs is 1. The summed E-state index contributed by atoms with van der Waals surface area (Å²) >= 11 is 1.59. The van der Waals surface area contributed by atoms with Crippen molar-refractivity contribution in [1.82, 2.24) is 19.9 Å². The zero-order valence-corrected chi connectivity index (χ0v) is 16.5. The Kier molecular flexibility index (Phi) is 5.92. The van der Waals surface area contributed by atoms with Crippen LogP contribution in [-0.4, -0.2) is 43.4 Å². The number of allylic oxidation sites excluding steroid dienone is 1. The molecule has 0 saturated heterocycles. The van der Waals surface area contributed by atoms with Crippen LogP contribution in [0.3, 0.4) is 0 Å². The average Bonchev–Trinajstić information content (AvgIpc) is 3.22. The summed E-state index contributed by atoms with van der Waals surface area (Å²) in [6, 6.07) is 3.97. The first-order valence-electron chi connectivity index (χ1n) is 9.41. The van der Waals surface area contributed by atoms with Gasteiger partial charge < -0.3 is 26.5 Å². The van der Waals surface area contributed by atoms with Gasteiger partial charge in [0.15, 0.2) is 0 Å². The number of aromatic nitrogens is 4. The molecule has 3 heterocycles. The number of hydrogen-bond donors (Lipinski definition) is 5. The average molecular weight is 411 g/mol. The largest absolute Gasteiger partial charge is 0.393 e. The van der Waals surface area contributed by atoms with E-state index in [1.165, 1.54) is 12.5 Å². The Morgan fingerprint density at radius 1 is 1.21 bits per heavy atom. The predicted molar refractivity (Wildman–Crippen MR) is 115 cm³/mol. The SMILES string of the molecule is N=C/C(=C\Nc1ccncn1)Nc1nc(NC2CCC(O)CC2)c2sccc2n1. The maximum Gasteiger partial charge on any atom is 0.229 e. The Morgan fingerprint density at radius 2 is 2.07 bits per heavy atom. The quantitative estimate of drug-likeness (QED) is 0.375. The zero-order valence-electron chi connectivity index (χ0n) is 15.7. The van der Waals surface area contributed by atoms with E-state index < -0.39 is 0 Å². The van der Waals surface area contributed by atoms with Crippen LogP contribution in [0.5, 0.6) is 0 Å². The number of nitrogens with zero attached hydrogens (tertiary/aromatic N) is 4. The number of thiophene rings is 1. The third-order valence-electron chi connectivity index (χ3n) is 4.71. The lowest BCUT2D eigenvalue weighted by Crippen LogP contribution is -2.28. The molecule has 150 valence electrons. The molecule has 1 fully saturated rings. The molecule has 9 nitrogen and oxygen atoms in total. The van der Waals surface area contributed by atoms with Gasteiger partial charge in [-0.2, -0.15) is 4.98 Å². The minimum absolute atomic E-state index is 0.194. The summed E-state index contributed by atoms with van der Waals surface area (Å²) in [5.41, 5.74) is 1.34. The summed E-state index contributed by atoms with van der Waals surface area (Å²) in [4.78, 5) is 17.2. The van der Waals surface area contributed by atoms with Crippen LogP contribution < -0.4 is 16.0 Å². The molecule has 0 spiro atoms. The van der Waals surface area contributed by atoms with Crippen LogP contribution in [0.1, 0.15) is 25.7 Å². The van der Waals surface area contributed by atoms with E-state index in [0.717, 1.165) is 41.7 Å². The van der Waals surface area contributed by atoms with Crippen LogP contribution in [-0.2, 0) is 0 Å². The minimum Gasteiger partial charge on any atom is -0.393 e. The van der Waals surface area contributed by atoms with Gasteiger partial charge in [-0.1, -0.05) is 0 Å². The highest BCUT2D eigenvalue weighted by Crippen LogP contribution is 2.30. The molecule has 0 aliphatic heterocycles. The van der Waals surface area contributed by atoms with E-state index in [2.05, 4.69) is 35.9 Å². The smallest absolute Gasteiger partial charge is 0.229 e. The molecule has 0 atom stereocenters. The summed E-state index contributed by atoms with van der Waals surface area (Å²) in [5.74, 6) is 1.81. The molecular weight excluding hydrogens is 388 g/mol. The normalized spacial score (nSPS) is 19.7. The molecule has 1 aliphatic rings. The van der Waals surface area contributed by atoms with E-state index in [9.17, 15) is 5.11 Å². The van der Waals surface area contributed by atoms with Crippen LogP contribution in [0.15, 0.2) is 41.9 Å². The van der Waals surface area contributed by atoms with Gasteiger partial charge in [-0.25, -0.2) is 15.0 Å². The number of rotatable bonds is 7. The molecule has 0 radical (unpaired) electrons. The summed E-state index contributed by atoms with van der Waals surface area (Å²) < 4.78 is 1.00. The summed E-state index contributed by atoms with van der Waals surface area (Å²) in [6.45, 7) is 0. The number of aliphatic hydroxyl groups is 1. The molecule has 5 N–H and O–H groups in total. The van der Waals surface area contributed by atoms with E-state index in [4.69, 9.17) is 5.41 Å². The van der Waals surface area contributed by atoms with Crippen LogP contribution in [0.25, 0.3) is 10.2 Å². The summed E-state index contributed by atoms with van der Waals surface area (Å²) in [5, 5.41) is 29.0. The van der Waals surface area contributed by atoms with Crippen LogP contribution in [0, 0.1) is 5.41 Å². The van der Waals surface area contributed by atoms with E-state index >= 15 is 0 Å². The van der Waals surface area contributed by atoms with E-state index in [1.807, 2.05) is 11.4 Å². The highest BCUT2D eigenvalue weighted by Gasteiger charge is 2.21. The van der Waals surface area contributed by atoms with Gasteiger partial charge in [0.2, 0.25) is 5.95 Å². The molecule has 29 heavy (non-hydrogen) atoms. The van der Waals surface area contributed by atoms with Gasteiger partial charge in [-0.15, -0.1) is 11.3 Å². The lowest BCUT2D eigenvalue weighted by atomic mass is 9.93. The Labute approximate surface area is 171 Å². The van der Waals surface area contributed by atoms with Crippen molar-refractivity contribution in [2.24, 2.45) is 0 Å². The fraction of sp³-hybridized carbons (Fsp3) is 0.316. The standard InChI is InChI=1S/C19H22N8OS/c20-9-13(10-22-16-5-7-21-11-23-16)25-19-26-15-6-8-29-17(15)18(27-19)24-12-1-3-14(28)4-2-12/h5-12,14,20,28H,1-4H2,(H,21,22,23)(H2,24,25,26,27)/b13-10+,20-9?. The monoisotopic (exact) mass is 410 g/mol.